The molecule has 33 heavy (non-hydrogen) atoms. The Balaban J connectivity index is 1.33. The van der Waals surface area contributed by atoms with Gasteiger partial charge in [0.15, 0.2) is 11.5 Å². The summed E-state index contributed by atoms with van der Waals surface area (Å²) in [6.07, 6.45) is 5.12. The summed E-state index contributed by atoms with van der Waals surface area (Å²) < 4.78 is 11.5. The van der Waals surface area contributed by atoms with Gasteiger partial charge in [0.05, 0.1) is 14.2 Å². The predicted octanol–water partition coefficient (Wildman–Crippen LogP) is 4.04. The van der Waals surface area contributed by atoms with Crippen LogP contribution in [0.25, 0.3) is 0 Å². The molecule has 2 aromatic carbocycles. The van der Waals surface area contributed by atoms with E-state index in [1.54, 1.807) is 14.2 Å². The number of carbonyl (C=O) groups excluding carboxylic acids is 1. The molecule has 3 heterocycles. The minimum atomic E-state index is 0.0859. The molecule has 0 radical (unpaired) electrons. The number of likely N-dealkylation sites (tertiary alicyclic amines) is 1. The van der Waals surface area contributed by atoms with Gasteiger partial charge < -0.3 is 19.7 Å². The van der Waals surface area contributed by atoms with Gasteiger partial charge in [-0.25, -0.2) is 4.79 Å². The maximum absolute atomic E-state index is 13.2. The van der Waals surface area contributed by atoms with Gasteiger partial charge in [-0.2, -0.15) is 0 Å². The summed E-state index contributed by atoms with van der Waals surface area (Å²) in [6, 6.07) is 15.2. The smallest absolute Gasteiger partial charge is 0.317 e. The average Bonchev–Trinajstić information content (AvgIpc) is 2.86. The lowest BCUT2D eigenvalue weighted by molar-refractivity contribution is 0.00491. The third-order valence-corrected chi connectivity index (χ3v) is 7.76. The van der Waals surface area contributed by atoms with Gasteiger partial charge in [-0.1, -0.05) is 36.4 Å². The molecule has 1 N–H and O–H groups in total. The van der Waals surface area contributed by atoms with Crippen molar-refractivity contribution in [2.45, 2.75) is 44.2 Å². The highest BCUT2D eigenvalue weighted by Gasteiger charge is 2.45. The van der Waals surface area contributed by atoms with Crippen molar-refractivity contribution in [3.63, 3.8) is 0 Å². The molecule has 176 valence electrons. The highest BCUT2D eigenvalue weighted by atomic mass is 16.5. The topological polar surface area (TPSA) is 54.0 Å². The van der Waals surface area contributed by atoms with Crippen LogP contribution in [0.1, 0.15) is 42.0 Å². The Labute approximate surface area is 196 Å². The van der Waals surface area contributed by atoms with E-state index in [4.69, 9.17) is 9.47 Å². The first-order valence-electron chi connectivity index (χ1n) is 12.3. The summed E-state index contributed by atoms with van der Waals surface area (Å²) in [5.41, 5.74) is 3.86. The number of hydrogen-bond donors (Lipinski definition) is 1. The number of piperidine rings is 2. The first kappa shape index (κ1) is 22.1. The summed E-state index contributed by atoms with van der Waals surface area (Å²) in [4.78, 5) is 18.0. The van der Waals surface area contributed by atoms with Gasteiger partial charge in [0.25, 0.3) is 0 Å². The quantitative estimate of drug-likeness (QED) is 0.749. The normalized spacial score (nSPS) is 24.3. The molecule has 2 saturated heterocycles. The van der Waals surface area contributed by atoms with Crippen LogP contribution in [0.4, 0.5) is 4.79 Å². The van der Waals surface area contributed by atoms with Crippen LogP contribution in [-0.4, -0.2) is 62.3 Å². The fraction of sp³-hybridized carbons (Fsp3) is 0.519. The van der Waals surface area contributed by atoms with Crippen LogP contribution in [0.5, 0.6) is 11.5 Å². The first-order chi connectivity index (χ1) is 16.2. The zero-order chi connectivity index (χ0) is 22.8. The van der Waals surface area contributed by atoms with Gasteiger partial charge in [-0.05, 0) is 55.2 Å². The molecule has 5 rings (SSSR count). The van der Waals surface area contributed by atoms with E-state index in [2.05, 4.69) is 33.3 Å². The standard InChI is InChI=1S/C27H35N3O3/c1-32-24-11-10-20-13-16-29-18-21-9-6-15-30(22(21)17-23(29)25(20)26(24)33-2)27(31)28-14-12-19-7-4-3-5-8-19/h3-5,7-8,10-11,21-23H,6,9,12-18H2,1-2H3,(H,28,31)/t21-,22+,23-/m1/s1. The second-order valence-electron chi connectivity index (χ2n) is 9.50. The van der Waals surface area contributed by atoms with Crippen LogP contribution in [0.2, 0.25) is 0 Å². The number of amides is 2. The van der Waals surface area contributed by atoms with Crippen molar-refractivity contribution in [1.82, 2.24) is 15.1 Å². The molecule has 0 bridgehead atoms. The Bertz CT molecular complexity index is 980. The average molecular weight is 450 g/mol. The van der Waals surface area contributed by atoms with Crippen LogP contribution in [0, 0.1) is 5.92 Å². The maximum Gasteiger partial charge on any atom is 0.317 e. The molecular formula is C27H35N3O3. The summed E-state index contributed by atoms with van der Waals surface area (Å²) in [7, 11) is 3.43. The number of nitrogens with one attached hydrogen (secondary N) is 1. The monoisotopic (exact) mass is 449 g/mol. The van der Waals surface area contributed by atoms with Crippen molar-refractivity contribution in [2.75, 3.05) is 40.4 Å². The summed E-state index contributed by atoms with van der Waals surface area (Å²) in [5, 5.41) is 3.19. The molecule has 6 heteroatoms. The molecule has 3 atom stereocenters. The van der Waals surface area contributed by atoms with E-state index in [0.29, 0.717) is 12.5 Å². The predicted molar refractivity (Wildman–Crippen MR) is 129 cm³/mol. The SMILES string of the molecule is COc1ccc2c(c1OC)[C@H]1C[C@H]3[C@H](CCCN3C(=O)NCCc3ccccc3)CN1CC2. The van der Waals surface area contributed by atoms with Crippen molar-refractivity contribution >= 4 is 6.03 Å². The molecule has 3 aliphatic rings. The Morgan fingerprint density at radius 3 is 2.73 bits per heavy atom. The number of fused-ring (bicyclic) bond motifs is 4. The third-order valence-electron chi connectivity index (χ3n) is 7.76. The molecule has 0 unspecified atom stereocenters. The number of nitrogens with zero attached hydrogens (tertiary/aromatic N) is 2. The van der Waals surface area contributed by atoms with Gasteiger partial charge in [0.2, 0.25) is 0 Å². The number of urea groups is 1. The molecule has 6 nitrogen and oxygen atoms in total. The fourth-order valence-electron chi connectivity index (χ4n) is 6.17. The number of methoxy groups -OCH3 is 2. The Morgan fingerprint density at radius 2 is 1.94 bits per heavy atom. The minimum absolute atomic E-state index is 0.0859. The van der Waals surface area contributed by atoms with E-state index in [9.17, 15) is 4.79 Å². The van der Waals surface area contributed by atoms with Crippen LogP contribution in [-0.2, 0) is 12.8 Å². The lowest BCUT2D eigenvalue weighted by Gasteiger charge is -2.52. The van der Waals surface area contributed by atoms with E-state index in [-0.39, 0.29) is 18.1 Å². The number of ether oxygens (including phenoxy) is 2. The van der Waals surface area contributed by atoms with E-state index >= 15 is 0 Å². The molecule has 3 aliphatic heterocycles. The van der Waals surface area contributed by atoms with E-state index < -0.39 is 0 Å². The molecule has 0 aromatic heterocycles. The van der Waals surface area contributed by atoms with Crippen molar-refractivity contribution < 1.29 is 14.3 Å². The molecule has 2 fully saturated rings. The fourth-order valence-corrected chi connectivity index (χ4v) is 6.17. The zero-order valence-electron chi connectivity index (χ0n) is 19.8. The molecular weight excluding hydrogens is 414 g/mol. The highest BCUT2D eigenvalue weighted by Crippen LogP contribution is 2.48. The number of rotatable bonds is 5. The first-order valence-corrected chi connectivity index (χ1v) is 12.3. The van der Waals surface area contributed by atoms with Crippen molar-refractivity contribution in [3.8, 4) is 11.5 Å². The minimum Gasteiger partial charge on any atom is -0.493 e. The summed E-state index contributed by atoms with van der Waals surface area (Å²) >= 11 is 0. The van der Waals surface area contributed by atoms with Crippen LogP contribution in [0.15, 0.2) is 42.5 Å². The summed E-state index contributed by atoms with van der Waals surface area (Å²) in [5.74, 6) is 2.19. The van der Waals surface area contributed by atoms with Crippen LogP contribution < -0.4 is 14.8 Å². The van der Waals surface area contributed by atoms with Gasteiger partial charge in [-0.3, -0.25) is 4.90 Å². The van der Waals surface area contributed by atoms with Gasteiger partial charge in [0, 0.05) is 43.8 Å². The second-order valence-corrected chi connectivity index (χ2v) is 9.50. The third kappa shape index (κ3) is 4.29. The van der Waals surface area contributed by atoms with Crippen LogP contribution in [0.3, 0.4) is 0 Å². The van der Waals surface area contributed by atoms with E-state index in [1.807, 2.05) is 24.3 Å². The van der Waals surface area contributed by atoms with Gasteiger partial charge >= 0.3 is 6.03 Å². The lowest BCUT2D eigenvalue weighted by atomic mass is 9.76. The number of benzene rings is 2. The van der Waals surface area contributed by atoms with Crippen molar-refractivity contribution in [3.05, 3.63) is 59.2 Å². The second kappa shape index (κ2) is 9.64. The van der Waals surface area contributed by atoms with E-state index in [0.717, 1.165) is 56.8 Å². The molecule has 0 spiro atoms. The lowest BCUT2D eigenvalue weighted by Crippen LogP contribution is -2.59. The Kier molecular flexibility index (Phi) is 6.45. The molecule has 2 aromatic rings. The highest BCUT2D eigenvalue weighted by molar-refractivity contribution is 5.74. The molecule has 0 saturated carbocycles. The van der Waals surface area contributed by atoms with Crippen molar-refractivity contribution in [1.29, 1.82) is 0 Å². The molecule has 0 aliphatic carbocycles. The number of carbonyl (C=O) groups is 1. The molecule has 2 amide bonds. The van der Waals surface area contributed by atoms with Gasteiger partial charge in [0.1, 0.15) is 0 Å². The summed E-state index contributed by atoms with van der Waals surface area (Å²) in [6.45, 7) is 3.62. The largest absolute Gasteiger partial charge is 0.493 e. The maximum atomic E-state index is 13.2. The van der Waals surface area contributed by atoms with E-state index in [1.165, 1.54) is 23.1 Å². The van der Waals surface area contributed by atoms with Crippen LogP contribution >= 0.6 is 0 Å². The number of hydrogen-bond acceptors (Lipinski definition) is 4. The zero-order valence-corrected chi connectivity index (χ0v) is 19.8. The van der Waals surface area contributed by atoms with Crippen molar-refractivity contribution in [2.24, 2.45) is 5.92 Å². The Morgan fingerprint density at radius 1 is 1.09 bits per heavy atom. The van der Waals surface area contributed by atoms with Gasteiger partial charge in [-0.15, -0.1) is 0 Å². The Hall–Kier alpha value is -2.73.